The molecule has 2 fully saturated rings. The molecule has 1 heterocycles. The van der Waals surface area contributed by atoms with Crippen molar-refractivity contribution < 1.29 is 24.0 Å². The molecule has 0 radical (unpaired) electrons. The second-order valence-corrected chi connectivity index (χ2v) is 10.9. The Hall–Kier alpha value is -1.39. The Bertz CT molecular complexity index is 670. The summed E-state index contributed by atoms with van der Waals surface area (Å²) in [6, 6.07) is -0.168. The molecule has 0 aromatic carbocycles. The van der Waals surface area contributed by atoms with Crippen LogP contribution in [0.25, 0.3) is 0 Å². The summed E-state index contributed by atoms with van der Waals surface area (Å²) in [5.74, 6) is 1.75. The standard InChI is InChI=1S/C20H33N3O5S2/c1-13(24)21-12-27-23(5)17(25)11-14-9-15(18-29-7-6-8-30-18)10-16(14)22-19(26)28-20(2,3)4/h14,16H,6-12H2,1-5H3,(H,21,24)(H,22,26)/t14-,16+/m0/s1. The highest BCUT2D eigenvalue weighted by molar-refractivity contribution is 8.22. The van der Waals surface area contributed by atoms with E-state index in [2.05, 4.69) is 10.6 Å². The highest BCUT2D eigenvalue weighted by Crippen LogP contribution is 2.44. The van der Waals surface area contributed by atoms with Gasteiger partial charge >= 0.3 is 6.09 Å². The van der Waals surface area contributed by atoms with E-state index >= 15 is 0 Å². The third kappa shape index (κ3) is 8.39. The molecule has 1 aliphatic carbocycles. The average Bonchev–Trinajstić information content (AvgIpc) is 3.02. The van der Waals surface area contributed by atoms with Gasteiger partial charge in [0.1, 0.15) is 12.3 Å². The summed E-state index contributed by atoms with van der Waals surface area (Å²) in [7, 11) is 1.53. The lowest BCUT2D eigenvalue weighted by molar-refractivity contribution is -0.182. The predicted octanol–water partition coefficient (Wildman–Crippen LogP) is 3.25. The van der Waals surface area contributed by atoms with Crippen LogP contribution in [-0.4, -0.2) is 59.9 Å². The summed E-state index contributed by atoms with van der Waals surface area (Å²) >= 11 is 3.74. The molecule has 8 nitrogen and oxygen atoms in total. The molecule has 2 aliphatic rings. The third-order valence-electron chi connectivity index (χ3n) is 4.66. The SMILES string of the molecule is CC(=O)NCON(C)C(=O)C[C@@H]1CC(=C2SCCCS2)C[C@H]1NC(=O)OC(C)(C)C. The van der Waals surface area contributed by atoms with Crippen LogP contribution in [0, 0.1) is 5.92 Å². The molecule has 0 unspecified atom stereocenters. The van der Waals surface area contributed by atoms with Crippen LogP contribution in [0.5, 0.6) is 0 Å². The average molecular weight is 460 g/mol. The van der Waals surface area contributed by atoms with Gasteiger partial charge in [-0.2, -0.15) is 0 Å². The maximum absolute atomic E-state index is 12.6. The molecule has 2 rings (SSSR count). The van der Waals surface area contributed by atoms with Gasteiger partial charge in [0.15, 0.2) is 0 Å². The van der Waals surface area contributed by atoms with Gasteiger partial charge in [-0.1, -0.05) is 0 Å². The Labute approximate surface area is 187 Å². The second kappa shape index (κ2) is 11.3. The van der Waals surface area contributed by atoms with E-state index in [4.69, 9.17) is 9.57 Å². The summed E-state index contributed by atoms with van der Waals surface area (Å²) in [5.41, 5.74) is 0.729. The van der Waals surface area contributed by atoms with Gasteiger partial charge in [-0.15, -0.1) is 23.5 Å². The number of rotatable bonds is 6. The van der Waals surface area contributed by atoms with E-state index in [1.54, 1.807) is 0 Å². The molecule has 1 saturated carbocycles. The molecule has 0 spiro atoms. The number of thioether (sulfide) groups is 2. The number of carbonyl (C=O) groups excluding carboxylic acids is 3. The highest BCUT2D eigenvalue weighted by atomic mass is 32.2. The van der Waals surface area contributed by atoms with E-state index in [9.17, 15) is 14.4 Å². The van der Waals surface area contributed by atoms with Crippen molar-refractivity contribution in [1.82, 2.24) is 15.7 Å². The number of nitrogens with zero attached hydrogens (tertiary/aromatic N) is 1. The number of amides is 3. The van der Waals surface area contributed by atoms with Crippen LogP contribution in [0.2, 0.25) is 0 Å². The zero-order valence-electron chi connectivity index (χ0n) is 18.4. The molecule has 10 heteroatoms. The minimum absolute atomic E-state index is 0.0394. The Balaban J connectivity index is 2.03. The summed E-state index contributed by atoms with van der Waals surface area (Å²) < 4.78 is 6.76. The highest BCUT2D eigenvalue weighted by Gasteiger charge is 2.36. The maximum Gasteiger partial charge on any atom is 0.407 e. The van der Waals surface area contributed by atoms with Crippen molar-refractivity contribution >= 4 is 41.4 Å². The number of nitrogens with one attached hydrogen (secondary N) is 2. The number of carbonyl (C=O) groups is 3. The number of alkyl carbamates (subject to hydrolysis) is 1. The third-order valence-corrected chi connectivity index (χ3v) is 7.45. The first-order valence-corrected chi connectivity index (χ1v) is 12.1. The van der Waals surface area contributed by atoms with Crippen LogP contribution in [0.15, 0.2) is 9.81 Å². The first kappa shape index (κ1) is 24.9. The lowest BCUT2D eigenvalue weighted by Crippen LogP contribution is -2.42. The number of hydroxylamine groups is 2. The van der Waals surface area contributed by atoms with Gasteiger partial charge in [-0.25, -0.2) is 14.7 Å². The normalized spacial score (nSPS) is 21.9. The largest absolute Gasteiger partial charge is 0.444 e. The minimum atomic E-state index is -0.581. The van der Waals surface area contributed by atoms with Crippen LogP contribution in [0.3, 0.4) is 0 Å². The summed E-state index contributed by atoms with van der Waals surface area (Å²) in [6.45, 7) is 6.79. The molecule has 0 aromatic rings. The first-order valence-electron chi connectivity index (χ1n) is 10.2. The summed E-state index contributed by atoms with van der Waals surface area (Å²) in [4.78, 5) is 41.2. The molecular weight excluding hydrogens is 426 g/mol. The number of hydrogen-bond donors (Lipinski definition) is 2. The van der Waals surface area contributed by atoms with Crippen LogP contribution >= 0.6 is 23.5 Å². The van der Waals surface area contributed by atoms with E-state index in [1.165, 1.54) is 30.2 Å². The monoisotopic (exact) mass is 459 g/mol. The van der Waals surface area contributed by atoms with Crippen molar-refractivity contribution in [3.8, 4) is 0 Å². The van der Waals surface area contributed by atoms with Gasteiger partial charge in [0.05, 0.1) is 0 Å². The topological polar surface area (TPSA) is 97.0 Å². The van der Waals surface area contributed by atoms with E-state index in [0.717, 1.165) is 29.4 Å². The molecule has 2 atom stereocenters. The molecule has 0 bridgehead atoms. The molecule has 170 valence electrons. The molecule has 3 amide bonds. The lowest BCUT2D eigenvalue weighted by Gasteiger charge is -2.25. The van der Waals surface area contributed by atoms with E-state index < -0.39 is 11.7 Å². The van der Waals surface area contributed by atoms with Crippen LogP contribution in [0.1, 0.15) is 53.4 Å². The van der Waals surface area contributed by atoms with Gasteiger partial charge in [-0.3, -0.25) is 9.59 Å². The van der Waals surface area contributed by atoms with Crippen LogP contribution in [-0.2, 0) is 19.2 Å². The molecule has 30 heavy (non-hydrogen) atoms. The van der Waals surface area contributed by atoms with Crippen molar-refractivity contribution in [1.29, 1.82) is 0 Å². The fraction of sp³-hybridized carbons (Fsp3) is 0.750. The summed E-state index contributed by atoms with van der Waals surface area (Å²) in [6.07, 6.45) is 2.47. The van der Waals surface area contributed by atoms with Crippen molar-refractivity contribution in [2.45, 2.75) is 65.0 Å². The Morgan fingerprint density at radius 1 is 1.17 bits per heavy atom. The Morgan fingerprint density at radius 3 is 2.43 bits per heavy atom. The fourth-order valence-corrected chi connectivity index (χ4v) is 5.98. The maximum atomic E-state index is 12.6. The van der Waals surface area contributed by atoms with Gasteiger partial charge in [0, 0.05) is 30.7 Å². The van der Waals surface area contributed by atoms with E-state index in [-0.39, 0.29) is 36.9 Å². The van der Waals surface area contributed by atoms with Crippen molar-refractivity contribution in [2.24, 2.45) is 5.92 Å². The first-order chi connectivity index (χ1) is 14.0. The molecular formula is C20H33N3O5S2. The fourth-order valence-electron chi connectivity index (χ4n) is 3.27. The Kier molecular flexibility index (Phi) is 9.36. The van der Waals surface area contributed by atoms with Gasteiger partial charge in [-0.05, 0) is 63.0 Å². The zero-order valence-corrected chi connectivity index (χ0v) is 20.0. The number of ether oxygens (including phenoxy) is 1. The smallest absolute Gasteiger partial charge is 0.407 e. The lowest BCUT2D eigenvalue weighted by atomic mass is 9.99. The Morgan fingerprint density at radius 2 is 1.83 bits per heavy atom. The minimum Gasteiger partial charge on any atom is -0.444 e. The van der Waals surface area contributed by atoms with Crippen molar-refractivity contribution in [3.05, 3.63) is 9.81 Å². The van der Waals surface area contributed by atoms with Crippen molar-refractivity contribution in [3.63, 3.8) is 0 Å². The van der Waals surface area contributed by atoms with Gasteiger partial charge in [0.25, 0.3) is 0 Å². The zero-order chi connectivity index (χ0) is 22.3. The molecule has 2 N–H and O–H groups in total. The van der Waals surface area contributed by atoms with Crippen LogP contribution in [0.4, 0.5) is 4.79 Å². The summed E-state index contributed by atoms with van der Waals surface area (Å²) in [5, 5.41) is 6.61. The second-order valence-electron chi connectivity index (χ2n) is 8.46. The predicted molar refractivity (Wildman–Crippen MR) is 120 cm³/mol. The van der Waals surface area contributed by atoms with Crippen LogP contribution < -0.4 is 10.6 Å². The van der Waals surface area contributed by atoms with Gasteiger partial charge in [0.2, 0.25) is 11.8 Å². The molecule has 1 saturated heterocycles. The molecule has 1 aliphatic heterocycles. The molecule has 0 aromatic heterocycles. The van der Waals surface area contributed by atoms with Gasteiger partial charge < -0.3 is 15.4 Å². The van der Waals surface area contributed by atoms with E-state index in [1.807, 2.05) is 44.3 Å². The van der Waals surface area contributed by atoms with E-state index in [0.29, 0.717) is 0 Å². The van der Waals surface area contributed by atoms with Crippen molar-refractivity contribution in [2.75, 3.05) is 25.3 Å². The number of hydrogen-bond acceptors (Lipinski definition) is 7. The quantitative estimate of drug-likeness (QED) is 0.465.